The summed E-state index contributed by atoms with van der Waals surface area (Å²) in [7, 11) is -3.25. The summed E-state index contributed by atoms with van der Waals surface area (Å²) in [6, 6.07) is 21.2. The van der Waals surface area contributed by atoms with Crippen LogP contribution in [0.4, 0.5) is 0 Å². The van der Waals surface area contributed by atoms with Crippen LogP contribution in [0.5, 0.6) is 0 Å². The molecule has 2 fully saturated rings. The summed E-state index contributed by atoms with van der Waals surface area (Å²) >= 11 is 0. The van der Waals surface area contributed by atoms with Crippen LogP contribution in [0, 0.1) is 5.92 Å². The highest BCUT2D eigenvalue weighted by molar-refractivity contribution is 7.89. The van der Waals surface area contributed by atoms with Crippen molar-refractivity contribution in [3.63, 3.8) is 0 Å². The number of hydrogen-bond acceptors (Lipinski definition) is 4. The molecule has 172 valence electrons. The van der Waals surface area contributed by atoms with Crippen LogP contribution in [0.15, 0.2) is 60.7 Å². The lowest BCUT2D eigenvalue weighted by molar-refractivity contribution is -0.138. The standard InChI is InChI=1S/C25H33N3O3S/c1-2-32(30,31)28-15-9-14-23(20-28)25(29)27-18-16-26(17-19-27)24(21-10-5-3-6-11-21)22-12-7-4-8-13-22/h3-8,10-13,23-24H,2,9,14-20H2,1H3. The molecule has 0 bridgehead atoms. The average Bonchev–Trinajstić information content (AvgIpc) is 2.85. The van der Waals surface area contributed by atoms with Gasteiger partial charge < -0.3 is 4.90 Å². The molecule has 7 heteroatoms. The Labute approximate surface area is 191 Å². The maximum absolute atomic E-state index is 13.2. The molecule has 32 heavy (non-hydrogen) atoms. The summed E-state index contributed by atoms with van der Waals surface area (Å²) < 4.78 is 26.1. The molecule has 1 unspecified atom stereocenters. The molecule has 0 spiro atoms. The Morgan fingerprint density at radius 2 is 1.47 bits per heavy atom. The van der Waals surface area contributed by atoms with Crippen molar-refractivity contribution >= 4 is 15.9 Å². The van der Waals surface area contributed by atoms with Crippen LogP contribution in [0.3, 0.4) is 0 Å². The molecule has 1 amide bonds. The van der Waals surface area contributed by atoms with E-state index in [1.807, 2.05) is 17.0 Å². The van der Waals surface area contributed by atoms with Gasteiger partial charge >= 0.3 is 0 Å². The van der Waals surface area contributed by atoms with Crippen molar-refractivity contribution in [1.82, 2.24) is 14.1 Å². The van der Waals surface area contributed by atoms with E-state index in [4.69, 9.17) is 0 Å². The normalized spacial score (nSPS) is 21.1. The largest absolute Gasteiger partial charge is 0.340 e. The molecule has 2 heterocycles. The topological polar surface area (TPSA) is 60.9 Å². The number of sulfonamides is 1. The first-order chi connectivity index (χ1) is 15.5. The third kappa shape index (κ3) is 5.05. The summed E-state index contributed by atoms with van der Waals surface area (Å²) in [6.45, 7) is 5.46. The fourth-order valence-corrected chi connectivity index (χ4v) is 6.10. The lowest BCUT2D eigenvalue weighted by atomic mass is 9.95. The van der Waals surface area contributed by atoms with Crippen molar-refractivity contribution in [1.29, 1.82) is 0 Å². The van der Waals surface area contributed by atoms with E-state index in [1.165, 1.54) is 15.4 Å². The highest BCUT2D eigenvalue weighted by Crippen LogP contribution is 2.30. The Morgan fingerprint density at radius 3 is 2.00 bits per heavy atom. The summed E-state index contributed by atoms with van der Waals surface area (Å²) in [5, 5.41) is 0. The van der Waals surface area contributed by atoms with Crippen molar-refractivity contribution in [2.45, 2.75) is 25.8 Å². The smallest absolute Gasteiger partial charge is 0.227 e. The molecule has 2 aromatic rings. The molecular formula is C25H33N3O3S. The van der Waals surface area contributed by atoms with Gasteiger partial charge in [0.25, 0.3) is 0 Å². The molecule has 0 saturated carbocycles. The van der Waals surface area contributed by atoms with E-state index in [0.29, 0.717) is 26.2 Å². The van der Waals surface area contributed by atoms with Crippen molar-refractivity contribution < 1.29 is 13.2 Å². The average molecular weight is 456 g/mol. The van der Waals surface area contributed by atoms with Crippen LogP contribution >= 0.6 is 0 Å². The number of amides is 1. The van der Waals surface area contributed by atoms with Crippen molar-refractivity contribution in [3.8, 4) is 0 Å². The van der Waals surface area contributed by atoms with Crippen molar-refractivity contribution in [2.75, 3.05) is 45.0 Å². The molecule has 4 rings (SSSR count). The molecule has 1 atom stereocenters. The number of nitrogens with zero attached hydrogens (tertiary/aromatic N) is 3. The van der Waals surface area contributed by atoms with Gasteiger partial charge in [0, 0.05) is 39.3 Å². The van der Waals surface area contributed by atoms with E-state index in [2.05, 4.69) is 53.4 Å². The number of carbonyl (C=O) groups is 1. The maximum Gasteiger partial charge on any atom is 0.227 e. The van der Waals surface area contributed by atoms with Crippen LogP contribution in [0.1, 0.15) is 36.9 Å². The second-order valence-corrected chi connectivity index (χ2v) is 10.9. The van der Waals surface area contributed by atoms with E-state index in [-0.39, 0.29) is 23.6 Å². The Hall–Kier alpha value is -2.22. The molecular weight excluding hydrogens is 422 g/mol. The minimum Gasteiger partial charge on any atom is -0.340 e. The third-order valence-electron chi connectivity index (χ3n) is 6.71. The quantitative estimate of drug-likeness (QED) is 0.672. The van der Waals surface area contributed by atoms with Crippen LogP contribution in [-0.4, -0.2) is 73.5 Å². The summed E-state index contributed by atoms with van der Waals surface area (Å²) in [6.07, 6.45) is 1.52. The van der Waals surface area contributed by atoms with Gasteiger partial charge in [-0.15, -0.1) is 0 Å². The number of hydrogen-bond donors (Lipinski definition) is 0. The molecule has 0 radical (unpaired) electrons. The highest BCUT2D eigenvalue weighted by atomic mass is 32.2. The Bertz CT molecular complexity index is 950. The molecule has 2 saturated heterocycles. The van der Waals surface area contributed by atoms with Gasteiger partial charge in [0.05, 0.1) is 17.7 Å². The lowest BCUT2D eigenvalue weighted by Gasteiger charge is -2.41. The van der Waals surface area contributed by atoms with Crippen LogP contribution < -0.4 is 0 Å². The first-order valence-electron chi connectivity index (χ1n) is 11.6. The first kappa shape index (κ1) is 23.0. The minimum absolute atomic E-state index is 0.0902. The van der Waals surface area contributed by atoms with E-state index in [0.717, 1.165) is 25.9 Å². The van der Waals surface area contributed by atoms with Gasteiger partial charge in [0.15, 0.2) is 0 Å². The summed E-state index contributed by atoms with van der Waals surface area (Å²) in [5.74, 6) is -0.0280. The number of piperidine rings is 1. The number of carbonyl (C=O) groups excluding carboxylic acids is 1. The van der Waals surface area contributed by atoms with E-state index < -0.39 is 10.0 Å². The van der Waals surface area contributed by atoms with Gasteiger partial charge in [0.1, 0.15) is 0 Å². The van der Waals surface area contributed by atoms with Gasteiger partial charge in [-0.3, -0.25) is 9.69 Å². The molecule has 2 aliphatic rings. The summed E-state index contributed by atoms with van der Waals surface area (Å²) in [4.78, 5) is 17.6. The van der Waals surface area contributed by atoms with Crippen LogP contribution in [0.25, 0.3) is 0 Å². The van der Waals surface area contributed by atoms with Gasteiger partial charge in [-0.1, -0.05) is 60.7 Å². The predicted molar refractivity (Wildman–Crippen MR) is 127 cm³/mol. The molecule has 0 N–H and O–H groups in total. The molecule has 6 nitrogen and oxygen atoms in total. The third-order valence-corrected chi connectivity index (χ3v) is 8.56. The number of piperazine rings is 1. The zero-order valence-electron chi connectivity index (χ0n) is 18.8. The molecule has 2 aromatic carbocycles. The first-order valence-corrected chi connectivity index (χ1v) is 13.2. The number of rotatable bonds is 6. The fraction of sp³-hybridized carbons (Fsp3) is 0.480. The Kier molecular flexibility index (Phi) is 7.28. The molecule has 2 aliphatic heterocycles. The van der Waals surface area contributed by atoms with Crippen LogP contribution in [-0.2, 0) is 14.8 Å². The predicted octanol–water partition coefficient (Wildman–Crippen LogP) is 2.98. The Morgan fingerprint density at radius 1 is 0.906 bits per heavy atom. The molecule has 0 aliphatic carbocycles. The molecule has 0 aromatic heterocycles. The monoisotopic (exact) mass is 455 g/mol. The lowest BCUT2D eigenvalue weighted by Crippen LogP contribution is -2.53. The zero-order chi connectivity index (χ0) is 22.6. The number of benzene rings is 2. The minimum atomic E-state index is -3.25. The highest BCUT2D eigenvalue weighted by Gasteiger charge is 2.35. The second-order valence-electron chi connectivity index (χ2n) is 8.68. The van der Waals surface area contributed by atoms with Gasteiger partial charge in [-0.2, -0.15) is 0 Å². The van der Waals surface area contributed by atoms with Gasteiger partial charge in [-0.05, 0) is 30.9 Å². The van der Waals surface area contributed by atoms with E-state index in [9.17, 15) is 13.2 Å². The Balaban J connectivity index is 1.43. The second kappa shape index (κ2) is 10.1. The van der Waals surface area contributed by atoms with Gasteiger partial charge in [0.2, 0.25) is 15.9 Å². The summed E-state index contributed by atoms with van der Waals surface area (Å²) in [5.41, 5.74) is 2.51. The maximum atomic E-state index is 13.2. The van der Waals surface area contributed by atoms with Crippen molar-refractivity contribution in [3.05, 3.63) is 71.8 Å². The zero-order valence-corrected chi connectivity index (χ0v) is 19.6. The van der Waals surface area contributed by atoms with Gasteiger partial charge in [-0.25, -0.2) is 12.7 Å². The fourth-order valence-electron chi connectivity index (χ4n) is 4.92. The van der Waals surface area contributed by atoms with E-state index >= 15 is 0 Å². The SMILES string of the molecule is CCS(=O)(=O)N1CCCC(C(=O)N2CCN(C(c3ccccc3)c3ccccc3)CC2)C1. The van der Waals surface area contributed by atoms with E-state index in [1.54, 1.807) is 6.92 Å². The van der Waals surface area contributed by atoms with Crippen LogP contribution in [0.2, 0.25) is 0 Å². The van der Waals surface area contributed by atoms with Crippen molar-refractivity contribution in [2.24, 2.45) is 5.92 Å².